The van der Waals surface area contributed by atoms with Gasteiger partial charge in [-0.1, -0.05) is 25.1 Å². The maximum atomic E-state index is 12.4. The lowest BCUT2D eigenvalue weighted by molar-refractivity contribution is 0.0844. The van der Waals surface area contributed by atoms with Crippen LogP contribution in [0.1, 0.15) is 43.9 Å². The monoisotopic (exact) mass is 396 g/mol. The number of aryl methyl sites for hydroxylation is 1. The molecule has 1 aromatic carbocycles. The summed E-state index contributed by atoms with van der Waals surface area (Å²) >= 11 is 1.47. The molecule has 1 unspecified atom stereocenters. The number of hydrogen-bond donors (Lipinski definition) is 3. The predicted octanol–water partition coefficient (Wildman–Crippen LogP) is 2.84. The number of hydrogen-bond acceptors (Lipinski definition) is 5. The van der Waals surface area contributed by atoms with Gasteiger partial charge in [0.2, 0.25) is 0 Å². The van der Waals surface area contributed by atoms with Crippen molar-refractivity contribution in [2.45, 2.75) is 26.2 Å². The molecule has 2 aromatic heterocycles. The maximum absolute atomic E-state index is 12.4. The third-order valence-corrected chi connectivity index (χ3v) is 6.01. The van der Waals surface area contributed by atoms with E-state index in [4.69, 9.17) is 0 Å². The number of hydrazine groups is 1. The molecule has 1 aliphatic carbocycles. The number of aromatic nitrogens is 2. The highest BCUT2D eigenvalue weighted by atomic mass is 32.1. The van der Waals surface area contributed by atoms with E-state index in [1.54, 1.807) is 12.1 Å². The summed E-state index contributed by atoms with van der Waals surface area (Å²) in [6, 6.07) is 11.0. The average Bonchev–Trinajstić information content (AvgIpc) is 3.29. The van der Waals surface area contributed by atoms with E-state index in [1.807, 2.05) is 24.3 Å². The van der Waals surface area contributed by atoms with Gasteiger partial charge >= 0.3 is 0 Å². The van der Waals surface area contributed by atoms with Gasteiger partial charge in [-0.15, -0.1) is 11.3 Å². The van der Waals surface area contributed by atoms with Crippen LogP contribution in [0.4, 0.5) is 0 Å². The lowest BCUT2D eigenvalue weighted by Crippen LogP contribution is -2.41. The highest BCUT2D eigenvalue weighted by Gasteiger charge is 2.22. The Kier molecular flexibility index (Phi) is 4.87. The Balaban J connectivity index is 1.42. The van der Waals surface area contributed by atoms with Crippen molar-refractivity contribution in [2.24, 2.45) is 5.92 Å². The summed E-state index contributed by atoms with van der Waals surface area (Å²) in [5.74, 6) is -0.700. The lowest BCUT2D eigenvalue weighted by atomic mass is 9.90. The van der Waals surface area contributed by atoms with Crippen molar-refractivity contribution in [1.29, 1.82) is 0 Å². The summed E-state index contributed by atoms with van der Waals surface area (Å²) in [6.45, 7) is 2.21. The van der Waals surface area contributed by atoms with E-state index in [0.29, 0.717) is 16.5 Å². The van der Waals surface area contributed by atoms with Crippen LogP contribution in [0, 0.1) is 5.92 Å². The molecule has 1 atom stereocenters. The first-order chi connectivity index (χ1) is 13.5. The van der Waals surface area contributed by atoms with Crippen molar-refractivity contribution < 1.29 is 14.7 Å². The minimum Gasteiger partial charge on any atom is -0.504 e. The first kappa shape index (κ1) is 18.2. The van der Waals surface area contributed by atoms with E-state index in [2.05, 4.69) is 22.9 Å². The first-order valence-corrected chi connectivity index (χ1v) is 9.89. The van der Waals surface area contributed by atoms with Crippen molar-refractivity contribution in [2.75, 3.05) is 0 Å². The van der Waals surface area contributed by atoms with Crippen LogP contribution in [0.25, 0.3) is 5.69 Å². The number of fused-ring (bicyclic) bond motifs is 1. The Labute approximate surface area is 166 Å². The zero-order valence-electron chi connectivity index (χ0n) is 15.3. The quantitative estimate of drug-likeness (QED) is 0.593. The van der Waals surface area contributed by atoms with Crippen LogP contribution in [-0.4, -0.2) is 26.7 Å². The molecule has 1 aliphatic rings. The highest BCUT2D eigenvalue weighted by Crippen LogP contribution is 2.32. The molecule has 2 amide bonds. The van der Waals surface area contributed by atoms with E-state index in [9.17, 15) is 14.7 Å². The molecule has 8 heteroatoms. The third kappa shape index (κ3) is 3.63. The molecule has 3 N–H and O–H groups in total. The van der Waals surface area contributed by atoms with Crippen LogP contribution in [0.3, 0.4) is 0 Å². The van der Waals surface area contributed by atoms with Crippen molar-refractivity contribution in [3.63, 3.8) is 0 Å². The van der Waals surface area contributed by atoms with Crippen LogP contribution < -0.4 is 10.9 Å². The van der Waals surface area contributed by atoms with Gasteiger partial charge in [0.05, 0.1) is 16.8 Å². The van der Waals surface area contributed by atoms with Gasteiger partial charge in [0.25, 0.3) is 11.8 Å². The Morgan fingerprint density at radius 2 is 1.96 bits per heavy atom. The van der Waals surface area contributed by atoms with Gasteiger partial charge in [0.15, 0.2) is 11.4 Å². The number of nitrogens with zero attached hydrogens (tertiary/aromatic N) is 2. The molecule has 0 saturated carbocycles. The van der Waals surface area contributed by atoms with Crippen molar-refractivity contribution >= 4 is 23.2 Å². The number of amides is 2. The van der Waals surface area contributed by atoms with E-state index in [0.717, 1.165) is 19.3 Å². The standard InChI is InChI=1S/C20H20N4O3S/c1-12-7-8-16-13(9-12)10-17(28-16)19(26)21-22-20(27)18-15(25)11-24(23-18)14-5-3-2-4-6-14/h2-6,10-12,25H,7-9H2,1H3,(H,21,26)(H,22,27). The summed E-state index contributed by atoms with van der Waals surface area (Å²) in [5, 5.41) is 14.1. The number of nitrogens with one attached hydrogen (secondary N) is 2. The molecule has 0 bridgehead atoms. The largest absolute Gasteiger partial charge is 0.504 e. The fourth-order valence-electron chi connectivity index (χ4n) is 3.29. The fourth-order valence-corrected chi connectivity index (χ4v) is 4.40. The van der Waals surface area contributed by atoms with E-state index in [-0.39, 0.29) is 17.4 Å². The molecule has 3 aromatic rings. The number of thiophene rings is 1. The zero-order chi connectivity index (χ0) is 19.7. The third-order valence-electron chi connectivity index (χ3n) is 4.77. The molecule has 28 heavy (non-hydrogen) atoms. The fraction of sp³-hybridized carbons (Fsp3) is 0.250. The van der Waals surface area contributed by atoms with Crippen molar-refractivity contribution in [1.82, 2.24) is 20.6 Å². The molecule has 144 valence electrons. The molecular formula is C20H20N4O3S. The van der Waals surface area contributed by atoms with Crippen LogP contribution >= 0.6 is 11.3 Å². The Bertz CT molecular complexity index is 1030. The molecule has 4 rings (SSSR count). The normalized spacial score (nSPS) is 15.7. The number of rotatable bonds is 3. The van der Waals surface area contributed by atoms with Gasteiger partial charge < -0.3 is 5.11 Å². The van der Waals surface area contributed by atoms with E-state index in [1.165, 1.54) is 32.7 Å². The molecule has 0 fully saturated rings. The lowest BCUT2D eigenvalue weighted by Gasteiger charge is -2.16. The van der Waals surface area contributed by atoms with Crippen LogP contribution in [0.15, 0.2) is 42.6 Å². The summed E-state index contributed by atoms with van der Waals surface area (Å²) in [5.41, 5.74) is 6.50. The number of carbonyl (C=O) groups excluding carboxylic acids is 2. The minimum atomic E-state index is -0.685. The maximum Gasteiger partial charge on any atom is 0.294 e. The summed E-state index contributed by atoms with van der Waals surface area (Å²) in [7, 11) is 0. The van der Waals surface area contributed by atoms with E-state index < -0.39 is 5.91 Å². The van der Waals surface area contributed by atoms with Gasteiger partial charge in [0, 0.05) is 4.88 Å². The second-order valence-corrected chi connectivity index (χ2v) is 8.10. The number of aromatic hydroxyl groups is 1. The Morgan fingerprint density at radius 1 is 1.21 bits per heavy atom. The van der Waals surface area contributed by atoms with Crippen molar-refractivity contribution in [3.05, 3.63) is 63.6 Å². The molecular weight excluding hydrogens is 376 g/mol. The number of benzene rings is 1. The highest BCUT2D eigenvalue weighted by molar-refractivity contribution is 7.14. The van der Waals surface area contributed by atoms with Gasteiger partial charge in [-0.2, -0.15) is 5.10 Å². The molecule has 0 spiro atoms. The Morgan fingerprint density at radius 3 is 2.75 bits per heavy atom. The van der Waals surface area contributed by atoms with Crippen LogP contribution in [-0.2, 0) is 12.8 Å². The molecule has 0 radical (unpaired) electrons. The second-order valence-electron chi connectivity index (χ2n) is 6.96. The first-order valence-electron chi connectivity index (χ1n) is 9.07. The van der Waals surface area contributed by atoms with Crippen LogP contribution in [0.2, 0.25) is 0 Å². The smallest absolute Gasteiger partial charge is 0.294 e. The van der Waals surface area contributed by atoms with Crippen LogP contribution in [0.5, 0.6) is 5.75 Å². The molecule has 7 nitrogen and oxygen atoms in total. The van der Waals surface area contributed by atoms with Gasteiger partial charge in [-0.25, -0.2) is 4.68 Å². The second kappa shape index (κ2) is 7.47. The minimum absolute atomic E-state index is 0.163. The molecule has 0 aliphatic heterocycles. The molecule has 0 saturated heterocycles. The number of carbonyl (C=O) groups is 2. The van der Waals surface area contributed by atoms with Crippen molar-refractivity contribution in [3.8, 4) is 11.4 Å². The zero-order valence-corrected chi connectivity index (χ0v) is 16.1. The SMILES string of the molecule is CC1CCc2sc(C(=O)NNC(=O)c3nn(-c4ccccc4)cc3O)cc2C1. The average molecular weight is 396 g/mol. The number of para-hydroxylation sites is 1. The van der Waals surface area contributed by atoms with E-state index >= 15 is 0 Å². The summed E-state index contributed by atoms with van der Waals surface area (Å²) in [4.78, 5) is 26.5. The summed E-state index contributed by atoms with van der Waals surface area (Å²) < 4.78 is 1.40. The van der Waals surface area contributed by atoms with Gasteiger partial charge in [0.1, 0.15) is 0 Å². The predicted molar refractivity (Wildman–Crippen MR) is 106 cm³/mol. The molecule has 2 heterocycles. The Hall–Kier alpha value is -3.13. The summed E-state index contributed by atoms with van der Waals surface area (Å²) in [6.07, 6.45) is 4.46. The van der Waals surface area contributed by atoms with Gasteiger partial charge in [-0.05, 0) is 48.9 Å². The van der Waals surface area contributed by atoms with Gasteiger partial charge in [-0.3, -0.25) is 20.4 Å². The topological polar surface area (TPSA) is 96.3 Å².